The zero-order valence-electron chi connectivity index (χ0n) is 8.92. The number of ether oxygens (including phenoxy) is 1. The number of hydrogen-bond donors (Lipinski definition) is 1. The highest BCUT2D eigenvalue weighted by Crippen LogP contribution is 2.25. The molecular weight excluding hydrogens is 244 g/mol. The number of carbonyl (C=O) groups is 1. The number of carboxylic acid groups (broad SMARTS) is 1. The monoisotopic (exact) mass is 252 g/mol. The summed E-state index contributed by atoms with van der Waals surface area (Å²) in [5.41, 5.74) is 0.579. The molecule has 0 unspecified atom stereocenters. The number of carboxylic acids is 1. The predicted octanol–water partition coefficient (Wildman–Crippen LogP) is 2.23. The van der Waals surface area contributed by atoms with Gasteiger partial charge in [0, 0.05) is 12.3 Å². The van der Waals surface area contributed by atoms with E-state index in [-0.39, 0.29) is 5.69 Å². The van der Waals surface area contributed by atoms with Crippen molar-refractivity contribution < 1.29 is 14.6 Å². The summed E-state index contributed by atoms with van der Waals surface area (Å²) >= 11 is 6.02. The van der Waals surface area contributed by atoms with E-state index in [9.17, 15) is 4.79 Å². The molecule has 17 heavy (non-hydrogen) atoms. The largest absolute Gasteiger partial charge is 0.497 e. The minimum Gasteiger partial charge on any atom is -0.497 e. The molecule has 0 saturated carbocycles. The van der Waals surface area contributed by atoms with Crippen molar-refractivity contribution in [2.75, 3.05) is 7.11 Å². The zero-order valence-corrected chi connectivity index (χ0v) is 9.68. The second-order valence-corrected chi connectivity index (χ2v) is 3.70. The molecule has 0 spiro atoms. The Morgan fingerprint density at radius 3 is 2.88 bits per heavy atom. The van der Waals surface area contributed by atoms with Gasteiger partial charge in [-0.2, -0.15) is 0 Å². The van der Waals surface area contributed by atoms with Crippen LogP contribution in [0.2, 0.25) is 5.02 Å². The summed E-state index contributed by atoms with van der Waals surface area (Å²) in [5.74, 6) is -0.447. The smallest absolute Gasteiger partial charge is 0.356 e. The van der Waals surface area contributed by atoms with Gasteiger partial charge in [0.15, 0.2) is 5.69 Å². The molecule has 0 radical (unpaired) electrons. The van der Waals surface area contributed by atoms with Crippen LogP contribution in [0.4, 0.5) is 0 Å². The number of imidazole rings is 1. The van der Waals surface area contributed by atoms with Gasteiger partial charge in [0.2, 0.25) is 0 Å². The summed E-state index contributed by atoms with van der Waals surface area (Å²) in [6.07, 6.45) is 2.78. The number of aromatic nitrogens is 2. The fourth-order valence-electron chi connectivity index (χ4n) is 1.38. The number of rotatable bonds is 3. The van der Waals surface area contributed by atoms with Gasteiger partial charge in [-0.15, -0.1) is 0 Å². The molecule has 0 aliphatic heterocycles. The molecule has 1 aromatic carbocycles. The first-order valence-electron chi connectivity index (χ1n) is 4.73. The van der Waals surface area contributed by atoms with Crippen molar-refractivity contribution in [2.45, 2.75) is 0 Å². The number of aromatic carboxylic acids is 1. The second-order valence-electron chi connectivity index (χ2n) is 3.29. The molecule has 6 heteroatoms. The first kappa shape index (κ1) is 11.5. The van der Waals surface area contributed by atoms with Crippen LogP contribution in [0.5, 0.6) is 5.75 Å². The average molecular weight is 253 g/mol. The number of nitrogens with zero attached hydrogens (tertiary/aromatic N) is 2. The third-order valence-corrected chi connectivity index (χ3v) is 2.55. The van der Waals surface area contributed by atoms with Gasteiger partial charge in [-0.25, -0.2) is 9.78 Å². The molecule has 0 fully saturated rings. The normalized spacial score (nSPS) is 10.2. The highest BCUT2D eigenvalue weighted by atomic mass is 35.5. The Morgan fingerprint density at radius 2 is 2.29 bits per heavy atom. The lowest BCUT2D eigenvalue weighted by Crippen LogP contribution is -1.96. The molecule has 0 aliphatic carbocycles. The van der Waals surface area contributed by atoms with Gasteiger partial charge < -0.3 is 14.4 Å². The Bertz CT molecular complexity index is 566. The van der Waals surface area contributed by atoms with Crippen LogP contribution in [-0.2, 0) is 0 Å². The quantitative estimate of drug-likeness (QED) is 0.910. The van der Waals surface area contributed by atoms with Crippen molar-refractivity contribution in [3.8, 4) is 11.4 Å². The molecule has 5 nitrogen and oxygen atoms in total. The van der Waals surface area contributed by atoms with Gasteiger partial charge in [0.25, 0.3) is 0 Å². The van der Waals surface area contributed by atoms with Gasteiger partial charge in [-0.1, -0.05) is 11.6 Å². The van der Waals surface area contributed by atoms with Crippen molar-refractivity contribution in [1.82, 2.24) is 9.55 Å². The van der Waals surface area contributed by atoms with Crippen molar-refractivity contribution in [1.29, 1.82) is 0 Å². The van der Waals surface area contributed by atoms with Gasteiger partial charge in [0.1, 0.15) is 12.1 Å². The van der Waals surface area contributed by atoms with Crippen LogP contribution in [0.15, 0.2) is 30.7 Å². The fraction of sp³-hybridized carbons (Fsp3) is 0.0909. The van der Waals surface area contributed by atoms with Gasteiger partial charge >= 0.3 is 5.97 Å². The van der Waals surface area contributed by atoms with E-state index in [0.29, 0.717) is 16.5 Å². The Kier molecular flexibility index (Phi) is 3.01. The van der Waals surface area contributed by atoms with E-state index in [4.69, 9.17) is 21.4 Å². The van der Waals surface area contributed by atoms with E-state index >= 15 is 0 Å². The van der Waals surface area contributed by atoms with Crippen molar-refractivity contribution in [3.05, 3.63) is 41.4 Å². The maximum absolute atomic E-state index is 10.7. The van der Waals surface area contributed by atoms with Crippen LogP contribution >= 0.6 is 11.6 Å². The highest BCUT2D eigenvalue weighted by Gasteiger charge is 2.10. The minimum atomic E-state index is -1.08. The van der Waals surface area contributed by atoms with Crippen molar-refractivity contribution in [2.24, 2.45) is 0 Å². The summed E-state index contributed by atoms with van der Waals surface area (Å²) in [4.78, 5) is 14.5. The number of halogens is 1. The first-order valence-corrected chi connectivity index (χ1v) is 5.11. The summed E-state index contributed by atoms with van der Waals surface area (Å²) in [6, 6.07) is 5.10. The molecule has 0 aliphatic rings. The predicted molar refractivity (Wildman–Crippen MR) is 62.1 cm³/mol. The van der Waals surface area contributed by atoms with Crippen molar-refractivity contribution in [3.63, 3.8) is 0 Å². The fourth-order valence-corrected chi connectivity index (χ4v) is 1.60. The Morgan fingerprint density at radius 1 is 1.53 bits per heavy atom. The van der Waals surface area contributed by atoms with E-state index in [0.717, 1.165) is 0 Å². The third-order valence-electron chi connectivity index (χ3n) is 2.23. The second kappa shape index (κ2) is 4.47. The van der Waals surface area contributed by atoms with E-state index in [1.54, 1.807) is 25.3 Å². The van der Waals surface area contributed by atoms with Gasteiger partial charge in [-0.05, 0) is 12.1 Å². The summed E-state index contributed by atoms with van der Waals surface area (Å²) in [5, 5.41) is 9.27. The average Bonchev–Trinajstić information content (AvgIpc) is 2.79. The molecule has 1 aromatic heterocycles. The van der Waals surface area contributed by atoms with Crippen LogP contribution < -0.4 is 4.74 Å². The molecule has 88 valence electrons. The Labute approximate surface area is 102 Å². The molecule has 2 rings (SSSR count). The van der Waals surface area contributed by atoms with E-state index in [1.807, 2.05) is 0 Å². The molecule has 1 N–H and O–H groups in total. The molecule has 1 heterocycles. The first-order chi connectivity index (χ1) is 8.11. The zero-order chi connectivity index (χ0) is 12.4. The Hall–Kier alpha value is -2.01. The molecule has 0 amide bonds. The van der Waals surface area contributed by atoms with Crippen LogP contribution in [0.25, 0.3) is 5.69 Å². The maximum Gasteiger partial charge on any atom is 0.356 e. The molecule has 0 atom stereocenters. The number of methoxy groups -OCH3 is 1. The lowest BCUT2D eigenvalue weighted by molar-refractivity contribution is 0.0691. The van der Waals surface area contributed by atoms with Crippen molar-refractivity contribution >= 4 is 17.6 Å². The highest BCUT2D eigenvalue weighted by molar-refractivity contribution is 6.32. The van der Waals surface area contributed by atoms with Gasteiger partial charge in [-0.3, -0.25) is 0 Å². The molecule has 2 aromatic rings. The third kappa shape index (κ3) is 2.24. The molecule has 0 saturated heterocycles. The Balaban J connectivity index is 2.47. The number of hydrogen-bond acceptors (Lipinski definition) is 3. The summed E-state index contributed by atoms with van der Waals surface area (Å²) < 4.78 is 6.61. The standard InChI is InChI=1S/C11H9ClN2O3/c1-17-7-2-3-8(12)10(4-7)14-5-9(11(15)16)13-6-14/h2-6H,1H3,(H,15,16). The molecule has 0 bridgehead atoms. The van der Waals surface area contributed by atoms with Crippen LogP contribution in [0, 0.1) is 0 Å². The number of benzene rings is 1. The van der Waals surface area contributed by atoms with E-state index in [2.05, 4.69) is 4.98 Å². The lowest BCUT2D eigenvalue weighted by atomic mass is 10.3. The summed E-state index contributed by atoms with van der Waals surface area (Å²) in [7, 11) is 1.55. The molecular formula is C11H9ClN2O3. The topological polar surface area (TPSA) is 64.4 Å². The van der Waals surface area contributed by atoms with Gasteiger partial charge in [0.05, 0.1) is 17.8 Å². The minimum absolute atomic E-state index is 0.0381. The van der Waals surface area contributed by atoms with E-state index < -0.39 is 5.97 Å². The van der Waals surface area contributed by atoms with E-state index in [1.165, 1.54) is 17.1 Å². The van der Waals surface area contributed by atoms with Crippen LogP contribution in [-0.4, -0.2) is 27.7 Å². The SMILES string of the molecule is COc1ccc(Cl)c(-n2cnc(C(=O)O)c2)c1. The maximum atomic E-state index is 10.7. The van der Waals surface area contributed by atoms with Crippen LogP contribution in [0.1, 0.15) is 10.5 Å². The van der Waals surface area contributed by atoms with Crippen LogP contribution in [0.3, 0.4) is 0 Å². The lowest BCUT2D eigenvalue weighted by Gasteiger charge is -2.07. The summed E-state index contributed by atoms with van der Waals surface area (Å²) in [6.45, 7) is 0.